The summed E-state index contributed by atoms with van der Waals surface area (Å²) < 4.78 is 38.6. The van der Waals surface area contributed by atoms with Crippen LogP contribution in [0.4, 0.5) is 13.2 Å². The van der Waals surface area contributed by atoms with E-state index in [0.29, 0.717) is 14.8 Å². The lowest BCUT2D eigenvalue weighted by molar-refractivity contribution is -0.137. The fourth-order valence-electron chi connectivity index (χ4n) is 2.05. The second-order valence-corrected chi connectivity index (χ2v) is 7.85. The van der Waals surface area contributed by atoms with Gasteiger partial charge in [0.2, 0.25) is 0 Å². The van der Waals surface area contributed by atoms with Crippen LogP contribution in [-0.4, -0.2) is 10.2 Å². The van der Waals surface area contributed by atoms with Crippen LogP contribution in [0.3, 0.4) is 0 Å². The Morgan fingerprint density at radius 3 is 2.54 bits per heavy atom. The van der Waals surface area contributed by atoms with E-state index in [0.717, 1.165) is 16.5 Å². The molecule has 1 aliphatic heterocycles. The predicted octanol–water partition coefficient (Wildman–Crippen LogP) is 5.58. The van der Waals surface area contributed by atoms with E-state index in [9.17, 15) is 18.0 Å². The van der Waals surface area contributed by atoms with E-state index in [4.69, 9.17) is 23.8 Å². The first-order valence-electron chi connectivity index (χ1n) is 6.44. The van der Waals surface area contributed by atoms with Gasteiger partial charge in [0.15, 0.2) is 0 Å². The van der Waals surface area contributed by atoms with Crippen LogP contribution in [0.5, 0.6) is 0 Å². The maximum Gasteiger partial charge on any atom is 0.417 e. The summed E-state index contributed by atoms with van der Waals surface area (Å²) in [5, 5.41) is 3.97. The summed E-state index contributed by atoms with van der Waals surface area (Å²) in [5.74, 6) is -0.252. The standard InChI is InChI=1S/C15H7ClF3NOS3/c16-11-4-7(1-2-10(11)15(17,18)19)8-3-9(23-6-8)5-12-13(21)20-14(22)24-12/h1-6H,(H,20,21,22). The maximum absolute atomic E-state index is 12.7. The highest BCUT2D eigenvalue weighted by Crippen LogP contribution is 2.38. The van der Waals surface area contributed by atoms with Crippen LogP contribution < -0.4 is 5.32 Å². The van der Waals surface area contributed by atoms with E-state index in [1.807, 2.05) is 0 Å². The summed E-state index contributed by atoms with van der Waals surface area (Å²) >= 11 is 13.2. The molecule has 0 atom stereocenters. The van der Waals surface area contributed by atoms with Gasteiger partial charge in [-0.05, 0) is 40.8 Å². The van der Waals surface area contributed by atoms with Crippen molar-refractivity contribution < 1.29 is 18.0 Å². The molecule has 0 aliphatic carbocycles. The van der Waals surface area contributed by atoms with Gasteiger partial charge >= 0.3 is 6.18 Å². The highest BCUT2D eigenvalue weighted by atomic mass is 35.5. The molecule has 2 heterocycles. The number of carbonyl (C=O) groups excluding carboxylic acids is 1. The fourth-order valence-corrected chi connectivity index (χ4v) is 4.30. The van der Waals surface area contributed by atoms with Gasteiger partial charge in [-0.1, -0.05) is 41.6 Å². The maximum atomic E-state index is 12.7. The molecular weight excluding hydrogens is 399 g/mol. The summed E-state index contributed by atoms with van der Waals surface area (Å²) in [6.07, 6.45) is -2.79. The zero-order valence-electron chi connectivity index (χ0n) is 11.6. The molecule has 3 rings (SSSR count). The van der Waals surface area contributed by atoms with Gasteiger partial charge in [-0.15, -0.1) is 11.3 Å². The molecule has 2 aromatic rings. The Kier molecular flexibility index (Phi) is 4.74. The van der Waals surface area contributed by atoms with Gasteiger partial charge in [0.25, 0.3) is 5.91 Å². The van der Waals surface area contributed by atoms with Gasteiger partial charge in [-0.25, -0.2) is 0 Å². The van der Waals surface area contributed by atoms with Crippen LogP contribution in [0.25, 0.3) is 17.2 Å². The molecule has 0 unspecified atom stereocenters. The lowest BCUT2D eigenvalue weighted by Crippen LogP contribution is -2.17. The molecule has 1 N–H and O–H groups in total. The molecule has 24 heavy (non-hydrogen) atoms. The Morgan fingerprint density at radius 1 is 1.21 bits per heavy atom. The molecular formula is C15H7ClF3NOS3. The molecule has 2 nitrogen and oxygen atoms in total. The average Bonchev–Trinajstić information content (AvgIpc) is 3.05. The van der Waals surface area contributed by atoms with Crippen molar-refractivity contribution >= 4 is 63.2 Å². The topological polar surface area (TPSA) is 29.1 Å². The predicted molar refractivity (Wildman–Crippen MR) is 96.1 cm³/mol. The zero-order chi connectivity index (χ0) is 17.5. The van der Waals surface area contributed by atoms with E-state index in [1.54, 1.807) is 17.5 Å². The third-order valence-corrected chi connectivity index (χ3v) is 5.50. The van der Waals surface area contributed by atoms with Gasteiger partial charge in [0, 0.05) is 4.88 Å². The lowest BCUT2D eigenvalue weighted by atomic mass is 10.1. The Bertz CT molecular complexity index is 873. The Labute approximate surface area is 153 Å². The van der Waals surface area contributed by atoms with Gasteiger partial charge in [0.1, 0.15) is 4.32 Å². The lowest BCUT2D eigenvalue weighted by Gasteiger charge is -2.09. The van der Waals surface area contributed by atoms with Crippen LogP contribution in [-0.2, 0) is 11.0 Å². The Hall–Kier alpha value is -1.35. The third-order valence-electron chi connectivity index (χ3n) is 3.14. The number of alkyl halides is 3. The number of thiocarbonyl (C=S) groups is 1. The summed E-state index contributed by atoms with van der Waals surface area (Å²) in [5.41, 5.74) is 0.444. The number of thioether (sulfide) groups is 1. The Morgan fingerprint density at radius 2 is 1.96 bits per heavy atom. The third kappa shape index (κ3) is 3.66. The van der Waals surface area contributed by atoms with Crippen LogP contribution in [0.2, 0.25) is 5.02 Å². The smallest absolute Gasteiger partial charge is 0.307 e. The van der Waals surface area contributed by atoms with Crippen molar-refractivity contribution in [3.63, 3.8) is 0 Å². The van der Waals surface area contributed by atoms with Crippen molar-refractivity contribution in [3.8, 4) is 11.1 Å². The number of carbonyl (C=O) groups is 1. The molecule has 9 heteroatoms. The van der Waals surface area contributed by atoms with Gasteiger partial charge in [0.05, 0.1) is 15.5 Å². The second-order valence-electron chi connectivity index (χ2n) is 4.78. The molecule has 1 aromatic carbocycles. The number of thiophene rings is 1. The van der Waals surface area contributed by atoms with Crippen LogP contribution in [0, 0.1) is 0 Å². The fraction of sp³-hybridized carbons (Fsp3) is 0.0667. The van der Waals surface area contributed by atoms with Crippen molar-refractivity contribution in [3.05, 3.63) is 50.0 Å². The first kappa shape index (κ1) is 17.5. The zero-order valence-corrected chi connectivity index (χ0v) is 14.8. The normalized spacial score (nSPS) is 16.8. The van der Waals surface area contributed by atoms with Crippen molar-refractivity contribution in [1.82, 2.24) is 5.32 Å². The van der Waals surface area contributed by atoms with E-state index in [2.05, 4.69) is 5.32 Å². The highest BCUT2D eigenvalue weighted by Gasteiger charge is 2.33. The van der Waals surface area contributed by atoms with Gasteiger partial charge < -0.3 is 5.32 Å². The molecule has 0 bridgehead atoms. The van der Waals surface area contributed by atoms with E-state index < -0.39 is 11.7 Å². The van der Waals surface area contributed by atoms with Crippen molar-refractivity contribution in [2.75, 3.05) is 0 Å². The minimum Gasteiger partial charge on any atom is -0.307 e. The van der Waals surface area contributed by atoms with Crippen LogP contribution >= 0.6 is 46.9 Å². The summed E-state index contributed by atoms with van der Waals surface area (Å²) in [6, 6.07) is 5.41. The van der Waals surface area contributed by atoms with Crippen LogP contribution in [0.1, 0.15) is 10.4 Å². The molecule has 0 radical (unpaired) electrons. The molecule has 1 aliphatic rings. The molecule has 1 fully saturated rings. The molecule has 1 saturated heterocycles. The SMILES string of the molecule is O=C1NC(=S)SC1=Cc1cc(-c2ccc(C(F)(F)F)c(Cl)c2)cs1. The minimum absolute atomic E-state index is 0.252. The number of nitrogens with one attached hydrogen (secondary N) is 1. The van der Waals surface area contributed by atoms with E-state index in [-0.39, 0.29) is 10.9 Å². The van der Waals surface area contributed by atoms with E-state index in [1.165, 1.54) is 35.2 Å². The molecule has 1 amide bonds. The summed E-state index contributed by atoms with van der Waals surface area (Å²) in [6.45, 7) is 0. The average molecular weight is 406 g/mol. The number of hydrogen-bond acceptors (Lipinski definition) is 4. The monoisotopic (exact) mass is 405 g/mol. The molecule has 0 saturated carbocycles. The quantitative estimate of drug-likeness (QED) is 0.522. The number of halogens is 4. The highest BCUT2D eigenvalue weighted by molar-refractivity contribution is 8.26. The largest absolute Gasteiger partial charge is 0.417 e. The number of rotatable bonds is 2. The first-order chi connectivity index (χ1) is 11.2. The first-order valence-corrected chi connectivity index (χ1v) is 8.93. The number of benzene rings is 1. The van der Waals surface area contributed by atoms with Crippen molar-refractivity contribution in [2.24, 2.45) is 0 Å². The van der Waals surface area contributed by atoms with Crippen molar-refractivity contribution in [2.45, 2.75) is 6.18 Å². The summed E-state index contributed by atoms with van der Waals surface area (Å²) in [4.78, 5) is 12.9. The molecule has 0 spiro atoms. The van der Waals surface area contributed by atoms with E-state index >= 15 is 0 Å². The summed E-state index contributed by atoms with van der Waals surface area (Å²) in [7, 11) is 0. The minimum atomic E-state index is -4.48. The second kappa shape index (κ2) is 6.51. The number of hydrogen-bond donors (Lipinski definition) is 1. The molecule has 124 valence electrons. The van der Waals surface area contributed by atoms with Crippen molar-refractivity contribution in [1.29, 1.82) is 0 Å². The Balaban J connectivity index is 1.89. The van der Waals surface area contributed by atoms with Crippen LogP contribution in [0.15, 0.2) is 34.6 Å². The van der Waals surface area contributed by atoms with Gasteiger partial charge in [-0.2, -0.15) is 13.2 Å². The van der Waals surface area contributed by atoms with Gasteiger partial charge in [-0.3, -0.25) is 4.79 Å². The number of amides is 1. The molecule has 1 aromatic heterocycles.